The molecule has 0 fully saturated rings. The van der Waals surface area contributed by atoms with Crippen LogP contribution < -0.4 is 20.2 Å². The van der Waals surface area contributed by atoms with Crippen molar-refractivity contribution >= 4 is 18.0 Å². The van der Waals surface area contributed by atoms with Crippen molar-refractivity contribution in [2.75, 3.05) is 20.3 Å². The lowest BCUT2D eigenvalue weighted by Gasteiger charge is -2.09. The number of benzene rings is 1. The second-order valence-electron chi connectivity index (χ2n) is 5.68. The Morgan fingerprint density at radius 1 is 1.28 bits per heavy atom. The molecule has 0 heterocycles. The minimum atomic E-state index is -0.476. The zero-order chi connectivity index (χ0) is 18.7. The number of carbonyl (C=O) groups excluding carboxylic acids is 2. The fourth-order valence-corrected chi connectivity index (χ4v) is 1.78. The number of hydrogen-bond donors (Lipinski definition) is 2. The predicted molar refractivity (Wildman–Crippen MR) is 96.9 cm³/mol. The molecule has 0 bridgehead atoms. The number of methoxy groups -OCH3 is 1. The van der Waals surface area contributed by atoms with Crippen LogP contribution in [0.4, 0.5) is 0 Å². The first-order chi connectivity index (χ1) is 12.0. The quantitative estimate of drug-likeness (QED) is 0.293. The Bertz CT molecular complexity index is 627. The van der Waals surface area contributed by atoms with Crippen LogP contribution >= 0.6 is 0 Å². The van der Waals surface area contributed by atoms with Crippen LogP contribution in [-0.2, 0) is 9.59 Å². The minimum absolute atomic E-state index is 0.262. The molecule has 7 nitrogen and oxygen atoms in total. The van der Waals surface area contributed by atoms with E-state index >= 15 is 0 Å². The van der Waals surface area contributed by atoms with Crippen LogP contribution in [0.1, 0.15) is 25.8 Å². The molecule has 136 valence electrons. The van der Waals surface area contributed by atoms with Crippen LogP contribution in [0.3, 0.4) is 0 Å². The van der Waals surface area contributed by atoms with Gasteiger partial charge in [0, 0.05) is 6.54 Å². The van der Waals surface area contributed by atoms with E-state index in [-0.39, 0.29) is 12.3 Å². The lowest BCUT2D eigenvalue weighted by atomic mass is 10.2. The van der Waals surface area contributed by atoms with E-state index in [0.717, 1.165) is 0 Å². The third kappa shape index (κ3) is 8.01. The first kappa shape index (κ1) is 20.2. The highest BCUT2D eigenvalue weighted by Crippen LogP contribution is 2.27. The first-order valence-electron chi connectivity index (χ1n) is 7.96. The van der Waals surface area contributed by atoms with E-state index in [1.54, 1.807) is 24.3 Å². The van der Waals surface area contributed by atoms with Crippen molar-refractivity contribution < 1.29 is 19.1 Å². The van der Waals surface area contributed by atoms with Gasteiger partial charge in [-0.15, -0.1) is 0 Å². The minimum Gasteiger partial charge on any atom is -0.493 e. The molecular weight excluding hydrogens is 322 g/mol. The normalized spacial score (nSPS) is 10.6. The summed E-state index contributed by atoms with van der Waals surface area (Å²) in [6.45, 7) is 8.46. The van der Waals surface area contributed by atoms with Crippen LogP contribution in [0.2, 0.25) is 0 Å². The summed E-state index contributed by atoms with van der Waals surface area (Å²) in [5.41, 5.74) is 3.04. The Hall–Kier alpha value is -2.83. The van der Waals surface area contributed by atoms with Gasteiger partial charge in [-0.25, -0.2) is 5.43 Å². The van der Waals surface area contributed by atoms with E-state index in [2.05, 4.69) is 22.4 Å². The fourth-order valence-electron chi connectivity index (χ4n) is 1.78. The molecule has 0 aliphatic carbocycles. The summed E-state index contributed by atoms with van der Waals surface area (Å²) in [4.78, 5) is 23.2. The number of nitrogens with one attached hydrogen (secondary N) is 2. The smallest absolute Gasteiger partial charge is 0.249 e. The van der Waals surface area contributed by atoms with E-state index < -0.39 is 5.91 Å². The van der Waals surface area contributed by atoms with Crippen molar-refractivity contribution in [2.45, 2.75) is 20.3 Å². The molecule has 25 heavy (non-hydrogen) atoms. The highest BCUT2D eigenvalue weighted by Gasteiger charge is 2.09. The van der Waals surface area contributed by atoms with Gasteiger partial charge in [-0.3, -0.25) is 9.59 Å². The molecule has 0 aromatic heterocycles. The summed E-state index contributed by atoms with van der Waals surface area (Å²) in [5.74, 6) is 0.663. The molecule has 1 aromatic carbocycles. The molecular formula is C18H25N3O4. The molecule has 0 spiro atoms. The van der Waals surface area contributed by atoms with Gasteiger partial charge >= 0.3 is 0 Å². The van der Waals surface area contributed by atoms with E-state index in [9.17, 15) is 9.59 Å². The molecule has 1 aromatic rings. The molecule has 2 amide bonds. The Morgan fingerprint density at radius 3 is 2.68 bits per heavy atom. The first-order valence-corrected chi connectivity index (χ1v) is 7.96. The molecule has 0 aliphatic heterocycles. The van der Waals surface area contributed by atoms with E-state index in [4.69, 9.17) is 9.47 Å². The number of rotatable bonds is 10. The second kappa shape index (κ2) is 10.9. The summed E-state index contributed by atoms with van der Waals surface area (Å²) in [6.07, 6.45) is 2.84. The van der Waals surface area contributed by atoms with Crippen LogP contribution in [0.15, 0.2) is 36.0 Å². The van der Waals surface area contributed by atoms with Crippen LogP contribution in [-0.4, -0.2) is 38.3 Å². The highest BCUT2D eigenvalue weighted by atomic mass is 16.5. The largest absolute Gasteiger partial charge is 0.493 e. The molecule has 2 N–H and O–H groups in total. The SMILES string of the molecule is C=CCOc1ccc(C=NNC(=O)CC(=O)NCC(C)C)cc1OC. The summed E-state index contributed by atoms with van der Waals surface area (Å²) in [7, 11) is 1.54. The third-order valence-electron chi connectivity index (χ3n) is 2.98. The molecule has 0 unspecified atom stereocenters. The predicted octanol–water partition coefficient (Wildman–Crippen LogP) is 1.87. The van der Waals surface area contributed by atoms with Crippen molar-refractivity contribution in [3.05, 3.63) is 36.4 Å². The van der Waals surface area contributed by atoms with Gasteiger partial charge < -0.3 is 14.8 Å². The standard InChI is InChI=1S/C18H25N3O4/c1-5-8-25-15-7-6-14(9-16(15)24-4)12-20-21-18(23)10-17(22)19-11-13(2)3/h5-7,9,12-13H,1,8,10-11H2,2-4H3,(H,19,22)(H,21,23). The second-order valence-corrected chi connectivity index (χ2v) is 5.68. The lowest BCUT2D eigenvalue weighted by molar-refractivity contribution is -0.129. The van der Waals surface area contributed by atoms with Gasteiger partial charge in [0.25, 0.3) is 0 Å². The molecule has 1 rings (SSSR count). The Labute approximate surface area is 148 Å². The number of hydrogen-bond acceptors (Lipinski definition) is 5. The molecule has 0 radical (unpaired) electrons. The fraction of sp³-hybridized carbons (Fsp3) is 0.389. The van der Waals surface area contributed by atoms with E-state index in [1.807, 2.05) is 13.8 Å². The van der Waals surface area contributed by atoms with Crippen LogP contribution in [0, 0.1) is 5.92 Å². The average Bonchev–Trinajstić information content (AvgIpc) is 2.58. The Balaban J connectivity index is 2.53. The number of ether oxygens (including phenoxy) is 2. The Morgan fingerprint density at radius 2 is 2.04 bits per heavy atom. The summed E-state index contributed by atoms with van der Waals surface area (Å²) in [6, 6.07) is 5.24. The Kier molecular flexibility index (Phi) is 8.78. The highest BCUT2D eigenvalue weighted by molar-refractivity contribution is 5.97. The molecule has 7 heteroatoms. The van der Waals surface area contributed by atoms with Gasteiger partial charge in [-0.2, -0.15) is 5.10 Å². The topological polar surface area (TPSA) is 89.0 Å². The number of amides is 2. The zero-order valence-electron chi connectivity index (χ0n) is 14.9. The summed E-state index contributed by atoms with van der Waals surface area (Å²) >= 11 is 0. The van der Waals surface area contributed by atoms with Gasteiger partial charge in [0.05, 0.1) is 13.3 Å². The maximum absolute atomic E-state index is 11.6. The van der Waals surface area contributed by atoms with Crippen LogP contribution in [0.25, 0.3) is 0 Å². The van der Waals surface area contributed by atoms with Crippen LogP contribution in [0.5, 0.6) is 11.5 Å². The van der Waals surface area contributed by atoms with E-state index in [0.29, 0.717) is 36.1 Å². The number of carbonyl (C=O) groups is 2. The van der Waals surface area contributed by atoms with Crippen molar-refractivity contribution in [1.82, 2.24) is 10.7 Å². The number of hydrazone groups is 1. The third-order valence-corrected chi connectivity index (χ3v) is 2.98. The van der Waals surface area contributed by atoms with Gasteiger partial charge in [0.15, 0.2) is 11.5 Å². The maximum atomic E-state index is 11.6. The maximum Gasteiger partial charge on any atom is 0.249 e. The summed E-state index contributed by atoms with van der Waals surface area (Å²) in [5, 5.41) is 6.51. The molecule has 0 aliphatic rings. The molecule has 0 atom stereocenters. The van der Waals surface area contributed by atoms with Gasteiger partial charge in [0.1, 0.15) is 13.0 Å². The van der Waals surface area contributed by atoms with Gasteiger partial charge in [-0.05, 0) is 29.7 Å². The number of nitrogens with zero attached hydrogens (tertiary/aromatic N) is 1. The van der Waals surface area contributed by atoms with Crippen molar-refractivity contribution in [3.8, 4) is 11.5 Å². The monoisotopic (exact) mass is 347 g/mol. The molecule has 0 saturated carbocycles. The van der Waals surface area contributed by atoms with Crippen molar-refractivity contribution in [2.24, 2.45) is 11.0 Å². The lowest BCUT2D eigenvalue weighted by Crippen LogP contribution is -2.32. The van der Waals surface area contributed by atoms with Crippen molar-refractivity contribution in [3.63, 3.8) is 0 Å². The summed E-state index contributed by atoms with van der Waals surface area (Å²) < 4.78 is 10.7. The van der Waals surface area contributed by atoms with Crippen molar-refractivity contribution in [1.29, 1.82) is 0 Å². The van der Waals surface area contributed by atoms with Gasteiger partial charge in [-0.1, -0.05) is 26.5 Å². The van der Waals surface area contributed by atoms with Gasteiger partial charge in [0.2, 0.25) is 11.8 Å². The van der Waals surface area contributed by atoms with E-state index in [1.165, 1.54) is 13.3 Å². The average molecular weight is 347 g/mol. The molecule has 0 saturated heterocycles. The zero-order valence-corrected chi connectivity index (χ0v) is 14.9.